The van der Waals surface area contributed by atoms with Gasteiger partial charge in [0.2, 0.25) is 0 Å². The third-order valence-electron chi connectivity index (χ3n) is 1.46. The summed E-state index contributed by atoms with van der Waals surface area (Å²) in [7, 11) is 0. The molecule has 1 aromatic carbocycles. The zero-order valence-corrected chi connectivity index (χ0v) is 8.48. The number of benzene rings is 1. The Hall–Kier alpha value is -0.930. The number of carbonyl (C=O) groups is 1. The number of ether oxygens (including phenoxy) is 1. The number of rotatable bonds is 1. The normalized spacial score (nSPS) is 9.38. The average molecular weight is 215 g/mol. The van der Waals surface area contributed by atoms with Crippen LogP contribution >= 0.6 is 23.8 Å². The molecular weight excluding hydrogens is 208 g/mol. The predicted molar refractivity (Wildman–Crippen MR) is 55.0 cm³/mol. The summed E-state index contributed by atoms with van der Waals surface area (Å²) >= 11 is 9.66. The first-order valence-corrected chi connectivity index (χ1v) is 4.36. The van der Waals surface area contributed by atoms with Crippen LogP contribution in [0.1, 0.15) is 15.9 Å². The molecule has 0 saturated carbocycles. The van der Waals surface area contributed by atoms with E-state index in [9.17, 15) is 4.79 Å². The topological polar surface area (TPSA) is 26.3 Å². The number of hydrogen-bond donors (Lipinski definition) is 0. The molecular formula is C9H7ClO2S. The second-order valence-corrected chi connectivity index (χ2v) is 3.43. The number of hydrogen-bond acceptors (Lipinski definition) is 3. The molecule has 0 aliphatic carbocycles. The molecule has 0 saturated heterocycles. The molecule has 0 fully saturated rings. The van der Waals surface area contributed by atoms with Crippen molar-refractivity contribution >= 4 is 34.3 Å². The summed E-state index contributed by atoms with van der Waals surface area (Å²) < 4.78 is 4.25. The zero-order valence-electron chi connectivity index (χ0n) is 6.91. The van der Waals surface area contributed by atoms with Crippen LogP contribution in [0.25, 0.3) is 0 Å². The molecule has 0 heterocycles. The van der Waals surface area contributed by atoms with Gasteiger partial charge in [-0.15, -0.1) is 0 Å². The highest BCUT2D eigenvalue weighted by molar-refractivity contribution is 7.82. The molecule has 0 bridgehead atoms. The van der Waals surface area contributed by atoms with Crippen molar-refractivity contribution < 1.29 is 9.53 Å². The lowest BCUT2D eigenvalue weighted by Gasteiger charge is -2.00. The molecule has 0 amide bonds. The Morgan fingerprint density at radius 3 is 2.38 bits per heavy atom. The number of carbonyl (C=O) groups excluding carboxylic acids is 1. The smallest absolute Gasteiger partial charge is 0.345 e. The molecule has 0 radical (unpaired) electrons. The second-order valence-electron chi connectivity index (χ2n) is 2.49. The highest BCUT2D eigenvalue weighted by Crippen LogP contribution is 2.05. The summed E-state index contributed by atoms with van der Waals surface area (Å²) in [4.78, 5) is 11.2. The summed E-state index contributed by atoms with van der Waals surface area (Å²) in [6.45, 7) is 1.93. The van der Waals surface area contributed by atoms with Crippen molar-refractivity contribution in [3.05, 3.63) is 35.4 Å². The molecule has 1 rings (SSSR count). The van der Waals surface area contributed by atoms with Crippen molar-refractivity contribution in [1.29, 1.82) is 0 Å². The first-order chi connectivity index (χ1) is 6.09. The number of halogens is 1. The number of aryl methyl sites for hydroxylation is 1. The fourth-order valence-electron chi connectivity index (χ4n) is 0.821. The zero-order chi connectivity index (χ0) is 9.84. The molecule has 0 N–H and O–H groups in total. The van der Waals surface area contributed by atoms with Crippen LogP contribution in [0.4, 0.5) is 0 Å². The van der Waals surface area contributed by atoms with E-state index in [4.69, 9.17) is 11.6 Å². The molecule has 4 heteroatoms. The Bertz CT molecular complexity index is 332. The molecule has 13 heavy (non-hydrogen) atoms. The summed E-state index contributed by atoms with van der Waals surface area (Å²) in [6.07, 6.45) is 0. The van der Waals surface area contributed by atoms with E-state index in [1.807, 2.05) is 19.1 Å². The minimum Gasteiger partial charge on any atom is -0.400 e. The van der Waals surface area contributed by atoms with Gasteiger partial charge >= 0.3 is 5.97 Å². The van der Waals surface area contributed by atoms with Gasteiger partial charge in [0, 0.05) is 0 Å². The molecule has 0 atom stereocenters. The number of esters is 1. The third kappa shape index (κ3) is 3.13. The van der Waals surface area contributed by atoms with E-state index in [0.29, 0.717) is 5.56 Å². The Morgan fingerprint density at radius 2 is 1.92 bits per heavy atom. The summed E-state index contributed by atoms with van der Waals surface area (Å²) in [5.41, 5.74) is 1.51. The van der Waals surface area contributed by atoms with Gasteiger partial charge in [-0.05, 0) is 42.9 Å². The lowest BCUT2D eigenvalue weighted by atomic mass is 10.2. The fraction of sp³-hybridized carbons (Fsp3) is 0.111. The Labute approximate surface area is 86.5 Å². The first-order valence-electron chi connectivity index (χ1n) is 3.58. The van der Waals surface area contributed by atoms with E-state index in [1.54, 1.807) is 12.1 Å². The minimum absolute atomic E-state index is 0.287. The minimum atomic E-state index is -0.528. The maximum atomic E-state index is 11.2. The molecule has 68 valence electrons. The summed E-state index contributed by atoms with van der Waals surface area (Å²) in [6, 6.07) is 6.95. The largest absolute Gasteiger partial charge is 0.400 e. The van der Waals surface area contributed by atoms with Gasteiger partial charge < -0.3 is 4.74 Å². The molecule has 0 aliphatic rings. The van der Waals surface area contributed by atoms with E-state index in [-0.39, 0.29) is 4.51 Å². The first kappa shape index (κ1) is 10.2. The lowest BCUT2D eigenvalue weighted by Crippen LogP contribution is -2.06. The average Bonchev–Trinajstić information content (AvgIpc) is 2.04. The van der Waals surface area contributed by atoms with E-state index in [0.717, 1.165) is 5.56 Å². The molecule has 0 spiro atoms. The van der Waals surface area contributed by atoms with Crippen LogP contribution in [0.2, 0.25) is 0 Å². The van der Waals surface area contributed by atoms with Crippen LogP contribution in [0, 0.1) is 6.92 Å². The van der Waals surface area contributed by atoms with E-state index in [2.05, 4.69) is 17.0 Å². The van der Waals surface area contributed by atoms with Crippen LogP contribution < -0.4 is 0 Å². The molecule has 2 nitrogen and oxygen atoms in total. The van der Waals surface area contributed by atoms with Crippen molar-refractivity contribution in [2.45, 2.75) is 6.92 Å². The molecule has 0 aromatic heterocycles. The van der Waals surface area contributed by atoms with E-state index >= 15 is 0 Å². The van der Waals surface area contributed by atoms with Crippen molar-refractivity contribution in [2.24, 2.45) is 0 Å². The molecule has 0 unspecified atom stereocenters. The SMILES string of the molecule is Cc1ccc(C(=O)OC(=S)Cl)cc1. The van der Waals surface area contributed by atoms with Crippen molar-refractivity contribution in [1.82, 2.24) is 0 Å². The van der Waals surface area contributed by atoms with Crippen molar-refractivity contribution in [2.75, 3.05) is 0 Å². The maximum absolute atomic E-state index is 11.2. The number of thiocarbonyl (C=S) groups is 1. The molecule has 1 aromatic rings. The third-order valence-corrected chi connectivity index (χ3v) is 1.62. The van der Waals surface area contributed by atoms with E-state index in [1.165, 1.54) is 0 Å². The Kier molecular flexibility index (Phi) is 3.39. The highest BCUT2D eigenvalue weighted by atomic mass is 35.5. The van der Waals surface area contributed by atoms with Crippen molar-refractivity contribution in [3.8, 4) is 0 Å². The highest BCUT2D eigenvalue weighted by Gasteiger charge is 2.07. The lowest BCUT2D eigenvalue weighted by molar-refractivity contribution is 0.0728. The van der Waals surface area contributed by atoms with Crippen molar-refractivity contribution in [3.63, 3.8) is 0 Å². The van der Waals surface area contributed by atoms with Gasteiger partial charge in [-0.25, -0.2) is 4.79 Å². The van der Waals surface area contributed by atoms with Crippen LogP contribution in [0.3, 0.4) is 0 Å². The van der Waals surface area contributed by atoms with Crippen LogP contribution in [0.15, 0.2) is 24.3 Å². The van der Waals surface area contributed by atoms with Gasteiger partial charge in [-0.2, -0.15) is 0 Å². The standard InChI is InChI=1S/C9H7ClO2S/c1-6-2-4-7(5-3-6)8(11)12-9(10)13/h2-5H,1H3. The quantitative estimate of drug-likeness (QED) is 0.409. The van der Waals surface area contributed by atoms with Gasteiger partial charge in [0.15, 0.2) is 0 Å². The monoisotopic (exact) mass is 214 g/mol. The maximum Gasteiger partial charge on any atom is 0.345 e. The van der Waals surface area contributed by atoms with Gasteiger partial charge in [-0.3, -0.25) is 0 Å². The van der Waals surface area contributed by atoms with Gasteiger partial charge in [-0.1, -0.05) is 17.7 Å². The summed E-state index contributed by atoms with van der Waals surface area (Å²) in [5, 5.41) is 0. The second kappa shape index (κ2) is 4.35. The van der Waals surface area contributed by atoms with Crippen LogP contribution in [-0.2, 0) is 4.74 Å². The fourth-order valence-corrected chi connectivity index (χ4v) is 0.967. The van der Waals surface area contributed by atoms with Gasteiger partial charge in [0.05, 0.1) is 5.56 Å². The van der Waals surface area contributed by atoms with Gasteiger partial charge in [0.1, 0.15) is 0 Å². The van der Waals surface area contributed by atoms with E-state index < -0.39 is 5.97 Å². The predicted octanol–water partition coefficient (Wildman–Crippen LogP) is 2.68. The Morgan fingerprint density at radius 1 is 1.38 bits per heavy atom. The Balaban J connectivity index is 2.78. The van der Waals surface area contributed by atoms with Crippen LogP contribution in [-0.4, -0.2) is 10.5 Å². The summed E-state index contributed by atoms with van der Waals surface area (Å²) in [5.74, 6) is -0.528. The van der Waals surface area contributed by atoms with Crippen LogP contribution in [0.5, 0.6) is 0 Å². The molecule has 0 aliphatic heterocycles. The van der Waals surface area contributed by atoms with Gasteiger partial charge in [0.25, 0.3) is 4.51 Å².